The Morgan fingerprint density at radius 3 is 2.86 bits per heavy atom. The van der Waals surface area contributed by atoms with Gasteiger partial charge >= 0.3 is 0 Å². The Balaban J connectivity index is 1.74. The molecule has 2 rings (SSSR count). The summed E-state index contributed by atoms with van der Waals surface area (Å²) in [5, 5.41) is 8.96. The van der Waals surface area contributed by atoms with Crippen molar-refractivity contribution in [3.05, 3.63) is 29.8 Å². The maximum absolute atomic E-state index is 11.5. The minimum absolute atomic E-state index is 0.255. The second kappa shape index (κ2) is 7.43. The standard InChI is InChI=1S/C15H20N2O3S/c16-13-14-5-1-2-6-15(14)20-10-3-7-17-8-4-11-21(18,19)12-9-17/h1-2,5-6H,3-4,7-12H2. The number of nitriles is 1. The van der Waals surface area contributed by atoms with Crippen molar-refractivity contribution < 1.29 is 13.2 Å². The van der Waals surface area contributed by atoms with Gasteiger partial charge in [0.1, 0.15) is 11.8 Å². The number of hydrogen-bond donors (Lipinski definition) is 0. The molecule has 1 fully saturated rings. The zero-order valence-electron chi connectivity index (χ0n) is 12.0. The quantitative estimate of drug-likeness (QED) is 0.770. The molecule has 5 nitrogen and oxygen atoms in total. The summed E-state index contributed by atoms with van der Waals surface area (Å²) in [6.07, 6.45) is 1.53. The minimum Gasteiger partial charge on any atom is -0.492 e. The smallest absolute Gasteiger partial charge is 0.151 e. The van der Waals surface area contributed by atoms with E-state index in [9.17, 15) is 8.42 Å². The molecule has 0 bridgehead atoms. The molecule has 114 valence electrons. The molecule has 0 unspecified atom stereocenters. The van der Waals surface area contributed by atoms with E-state index in [-0.39, 0.29) is 5.75 Å². The fourth-order valence-corrected chi connectivity index (χ4v) is 3.68. The molecule has 1 saturated heterocycles. The lowest BCUT2D eigenvalue weighted by Gasteiger charge is -2.19. The summed E-state index contributed by atoms with van der Waals surface area (Å²) in [5.41, 5.74) is 0.540. The number of nitrogens with zero attached hydrogens (tertiary/aromatic N) is 2. The summed E-state index contributed by atoms with van der Waals surface area (Å²) in [5.74, 6) is 1.17. The molecule has 0 saturated carbocycles. The highest BCUT2D eigenvalue weighted by molar-refractivity contribution is 7.91. The predicted molar refractivity (Wildman–Crippen MR) is 81.0 cm³/mol. The zero-order valence-corrected chi connectivity index (χ0v) is 12.8. The van der Waals surface area contributed by atoms with Crippen LogP contribution >= 0.6 is 0 Å². The molecule has 1 aromatic carbocycles. The van der Waals surface area contributed by atoms with Crippen molar-refractivity contribution in [1.29, 1.82) is 5.26 Å². The largest absolute Gasteiger partial charge is 0.492 e. The second-order valence-electron chi connectivity index (χ2n) is 5.16. The van der Waals surface area contributed by atoms with Crippen molar-refractivity contribution >= 4 is 9.84 Å². The van der Waals surface area contributed by atoms with E-state index >= 15 is 0 Å². The van der Waals surface area contributed by atoms with E-state index in [1.807, 2.05) is 12.1 Å². The van der Waals surface area contributed by atoms with Gasteiger partial charge in [0.15, 0.2) is 9.84 Å². The Bertz CT molecular complexity index is 608. The fourth-order valence-electron chi connectivity index (χ4n) is 2.37. The van der Waals surface area contributed by atoms with Gasteiger partial charge < -0.3 is 9.64 Å². The maximum atomic E-state index is 11.5. The van der Waals surface area contributed by atoms with Crippen LogP contribution in [0.4, 0.5) is 0 Å². The topological polar surface area (TPSA) is 70.4 Å². The van der Waals surface area contributed by atoms with Crippen LogP contribution < -0.4 is 4.74 Å². The SMILES string of the molecule is N#Cc1ccccc1OCCCN1CCCS(=O)(=O)CC1. The molecule has 1 aliphatic heterocycles. The highest BCUT2D eigenvalue weighted by Gasteiger charge is 2.18. The van der Waals surface area contributed by atoms with Gasteiger partial charge in [-0.15, -0.1) is 0 Å². The molecule has 0 radical (unpaired) electrons. The fraction of sp³-hybridized carbons (Fsp3) is 0.533. The van der Waals surface area contributed by atoms with E-state index in [1.165, 1.54) is 0 Å². The molecule has 0 aliphatic carbocycles. The number of ether oxygens (including phenoxy) is 1. The first-order valence-corrected chi connectivity index (χ1v) is 8.97. The van der Waals surface area contributed by atoms with E-state index in [0.717, 1.165) is 19.5 Å². The lowest BCUT2D eigenvalue weighted by Crippen LogP contribution is -2.29. The summed E-state index contributed by atoms with van der Waals surface area (Å²) < 4.78 is 28.7. The van der Waals surface area contributed by atoms with E-state index in [1.54, 1.807) is 12.1 Å². The Hall–Kier alpha value is -1.58. The van der Waals surface area contributed by atoms with Crippen molar-refractivity contribution in [2.45, 2.75) is 12.8 Å². The molecule has 1 aromatic rings. The van der Waals surface area contributed by atoms with Crippen LogP contribution in [-0.2, 0) is 9.84 Å². The van der Waals surface area contributed by atoms with Crippen molar-refractivity contribution in [2.24, 2.45) is 0 Å². The van der Waals surface area contributed by atoms with Crippen LogP contribution in [0.1, 0.15) is 18.4 Å². The lowest BCUT2D eigenvalue weighted by atomic mass is 10.2. The van der Waals surface area contributed by atoms with Crippen LogP contribution in [0.3, 0.4) is 0 Å². The lowest BCUT2D eigenvalue weighted by molar-refractivity contribution is 0.245. The van der Waals surface area contributed by atoms with E-state index in [2.05, 4.69) is 11.0 Å². The first kappa shape index (κ1) is 15.8. The monoisotopic (exact) mass is 308 g/mol. The van der Waals surface area contributed by atoms with Crippen LogP contribution in [0.15, 0.2) is 24.3 Å². The Morgan fingerprint density at radius 1 is 1.24 bits per heavy atom. The molecule has 1 aliphatic rings. The zero-order chi connectivity index (χ0) is 15.1. The third-order valence-corrected chi connectivity index (χ3v) is 5.25. The van der Waals surface area contributed by atoms with Crippen LogP contribution in [-0.4, -0.2) is 51.1 Å². The Kier molecular flexibility index (Phi) is 5.59. The highest BCUT2D eigenvalue weighted by Crippen LogP contribution is 2.16. The van der Waals surface area contributed by atoms with Gasteiger partial charge in [0.05, 0.1) is 23.7 Å². The highest BCUT2D eigenvalue weighted by atomic mass is 32.2. The van der Waals surface area contributed by atoms with Gasteiger partial charge in [0, 0.05) is 13.1 Å². The van der Waals surface area contributed by atoms with Crippen LogP contribution in [0.2, 0.25) is 0 Å². The van der Waals surface area contributed by atoms with Crippen LogP contribution in [0, 0.1) is 11.3 Å². The molecule has 6 heteroatoms. The van der Waals surface area contributed by atoms with Crippen LogP contribution in [0.25, 0.3) is 0 Å². The molecule has 0 aromatic heterocycles. The predicted octanol–water partition coefficient (Wildman–Crippen LogP) is 1.45. The number of para-hydroxylation sites is 1. The third-order valence-electron chi connectivity index (χ3n) is 3.53. The summed E-state index contributed by atoms with van der Waals surface area (Å²) in [7, 11) is -2.84. The summed E-state index contributed by atoms with van der Waals surface area (Å²) in [6, 6.07) is 9.27. The normalized spacial score (nSPS) is 18.6. The van der Waals surface area contributed by atoms with Gasteiger partial charge in [0.25, 0.3) is 0 Å². The van der Waals surface area contributed by atoms with Gasteiger partial charge in [-0.25, -0.2) is 8.42 Å². The molecule has 0 atom stereocenters. The third kappa shape index (κ3) is 5.03. The average molecular weight is 308 g/mol. The van der Waals surface area contributed by atoms with Crippen molar-refractivity contribution in [3.63, 3.8) is 0 Å². The first-order valence-electron chi connectivity index (χ1n) is 7.15. The summed E-state index contributed by atoms with van der Waals surface area (Å²) >= 11 is 0. The Morgan fingerprint density at radius 2 is 2.05 bits per heavy atom. The van der Waals surface area contributed by atoms with Gasteiger partial charge in [-0.05, 0) is 31.5 Å². The van der Waals surface area contributed by atoms with Gasteiger partial charge in [0.2, 0.25) is 0 Å². The van der Waals surface area contributed by atoms with Gasteiger partial charge in [-0.2, -0.15) is 5.26 Å². The molecule has 0 spiro atoms. The van der Waals surface area contributed by atoms with E-state index in [0.29, 0.717) is 36.6 Å². The van der Waals surface area contributed by atoms with Gasteiger partial charge in [-0.3, -0.25) is 0 Å². The first-order chi connectivity index (χ1) is 10.1. The van der Waals surface area contributed by atoms with Crippen molar-refractivity contribution in [1.82, 2.24) is 4.90 Å². The Labute approximate surface area is 126 Å². The number of rotatable bonds is 5. The number of benzene rings is 1. The van der Waals surface area contributed by atoms with Gasteiger partial charge in [-0.1, -0.05) is 12.1 Å². The average Bonchev–Trinajstić information content (AvgIpc) is 2.65. The number of sulfone groups is 1. The molecule has 0 N–H and O–H groups in total. The second-order valence-corrected chi connectivity index (χ2v) is 7.46. The van der Waals surface area contributed by atoms with Crippen molar-refractivity contribution in [2.75, 3.05) is 37.7 Å². The van der Waals surface area contributed by atoms with E-state index in [4.69, 9.17) is 10.00 Å². The molecule has 1 heterocycles. The van der Waals surface area contributed by atoms with Crippen molar-refractivity contribution in [3.8, 4) is 11.8 Å². The molecule has 0 amide bonds. The maximum Gasteiger partial charge on any atom is 0.151 e. The van der Waals surface area contributed by atoms with Crippen LogP contribution in [0.5, 0.6) is 5.75 Å². The summed E-state index contributed by atoms with van der Waals surface area (Å²) in [4.78, 5) is 2.17. The molecular formula is C15H20N2O3S. The van der Waals surface area contributed by atoms with E-state index < -0.39 is 9.84 Å². The molecule has 21 heavy (non-hydrogen) atoms. The summed E-state index contributed by atoms with van der Waals surface area (Å²) in [6.45, 7) is 2.79. The molecular weight excluding hydrogens is 288 g/mol. The minimum atomic E-state index is -2.84. The number of hydrogen-bond acceptors (Lipinski definition) is 5.